The molecule has 1 heterocycles. The second kappa shape index (κ2) is 9.43. The summed E-state index contributed by atoms with van der Waals surface area (Å²) in [5.41, 5.74) is 0.939. The van der Waals surface area contributed by atoms with Gasteiger partial charge in [-0.1, -0.05) is 23.7 Å². The van der Waals surface area contributed by atoms with Crippen LogP contribution in [0.5, 0.6) is 0 Å². The van der Waals surface area contributed by atoms with Gasteiger partial charge in [0.1, 0.15) is 6.10 Å². The number of aliphatic hydroxyl groups is 1. The minimum absolute atomic E-state index is 0.0239. The van der Waals surface area contributed by atoms with Crippen molar-refractivity contribution < 1.29 is 23.8 Å². The SMILES string of the molecule is CNC(=O)c1cc(C(=O)NC2CCC(O)CC2)c(C(OC)c2cccc(Cl)c2)o1. The molecule has 0 radical (unpaired) electrons. The van der Waals surface area contributed by atoms with Gasteiger partial charge in [0, 0.05) is 31.3 Å². The van der Waals surface area contributed by atoms with E-state index in [1.54, 1.807) is 18.2 Å². The summed E-state index contributed by atoms with van der Waals surface area (Å²) in [6, 6.07) is 8.44. The number of benzene rings is 1. The Hall–Kier alpha value is -2.35. The number of carbonyl (C=O) groups excluding carboxylic acids is 2. The van der Waals surface area contributed by atoms with Gasteiger partial charge in [-0.25, -0.2) is 0 Å². The fourth-order valence-corrected chi connectivity index (χ4v) is 3.76. The lowest BCUT2D eigenvalue weighted by molar-refractivity contribution is 0.0840. The quantitative estimate of drug-likeness (QED) is 0.666. The molecular weight excluding hydrogens is 396 g/mol. The Labute approximate surface area is 174 Å². The molecule has 0 saturated heterocycles. The molecule has 8 heteroatoms. The predicted octanol–water partition coefficient (Wildman–Crippen LogP) is 3.06. The summed E-state index contributed by atoms with van der Waals surface area (Å²) in [6.45, 7) is 0. The standard InChI is InChI=1S/C21H25ClN2O5/c1-23-21(27)17-11-16(20(26)24-14-6-8-15(25)9-7-14)19(29-17)18(28-2)12-4-3-5-13(22)10-12/h3-5,10-11,14-15,18,25H,6-9H2,1-2H3,(H,23,27)(H,24,26). The van der Waals surface area contributed by atoms with E-state index in [2.05, 4.69) is 10.6 Å². The van der Waals surface area contributed by atoms with E-state index in [4.69, 9.17) is 20.8 Å². The average molecular weight is 421 g/mol. The monoisotopic (exact) mass is 420 g/mol. The van der Waals surface area contributed by atoms with E-state index < -0.39 is 12.0 Å². The highest BCUT2D eigenvalue weighted by atomic mass is 35.5. The van der Waals surface area contributed by atoms with E-state index >= 15 is 0 Å². The van der Waals surface area contributed by atoms with Gasteiger partial charge in [0.25, 0.3) is 11.8 Å². The smallest absolute Gasteiger partial charge is 0.286 e. The first kappa shape index (κ1) is 21.4. The largest absolute Gasteiger partial charge is 0.452 e. The molecule has 156 valence electrons. The number of carbonyl (C=O) groups is 2. The van der Waals surface area contributed by atoms with E-state index in [0.717, 1.165) is 0 Å². The van der Waals surface area contributed by atoms with Crippen molar-refractivity contribution in [1.82, 2.24) is 10.6 Å². The molecule has 1 aromatic carbocycles. The number of halogens is 1. The highest BCUT2D eigenvalue weighted by Crippen LogP contribution is 2.32. The lowest BCUT2D eigenvalue weighted by Crippen LogP contribution is -2.38. The molecule has 1 atom stereocenters. The molecular formula is C21H25ClN2O5. The number of aliphatic hydroxyl groups excluding tert-OH is 1. The molecule has 7 nitrogen and oxygen atoms in total. The van der Waals surface area contributed by atoms with Gasteiger partial charge in [-0.3, -0.25) is 9.59 Å². The Morgan fingerprint density at radius 3 is 2.55 bits per heavy atom. The van der Waals surface area contributed by atoms with Crippen LogP contribution < -0.4 is 10.6 Å². The van der Waals surface area contributed by atoms with Gasteiger partial charge in [-0.2, -0.15) is 0 Å². The first-order valence-corrected chi connectivity index (χ1v) is 9.93. The van der Waals surface area contributed by atoms with Crippen LogP contribution in [-0.4, -0.2) is 43.2 Å². The van der Waals surface area contributed by atoms with Crippen LogP contribution in [0.25, 0.3) is 0 Å². The third-order valence-electron chi connectivity index (χ3n) is 5.11. The average Bonchev–Trinajstić information content (AvgIpc) is 3.15. The highest BCUT2D eigenvalue weighted by Gasteiger charge is 2.30. The summed E-state index contributed by atoms with van der Waals surface area (Å²) in [5.74, 6) is -0.520. The molecule has 0 spiro atoms. The fraction of sp³-hybridized carbons (Fsp3) is 0.429. The van der Waals surface area contributed by atoms with Crippen molar-refractivity contribution >= 4 is 23.4 Å². The number of rotatable bonds is 6. The Balaban J connectivity index is 1.93. The minimum Gasteiger partial charge on any atom is -0.452 e. The van der Waals surface area contributed by atoms with Gasteiger partial charge in [-0.15, -0.1) is 0 Å². The van der Waals surface area contributed by atoms with Crippen molar-refractivity contribution in [2.75, 3.05) is 14.2 Å². The highest BCUT2D eigenvalue weighted by molar-refractivity contribution is 6.30. The zero-order valence-corrected chi connectivity index (χ0v) is 17.2. The van der Waals surface area contributed by atoms with Crippen LogP contribution in [0, 0.1) is 0 Å². The summed E-state index contributed by atoms with van der Waals surface area (Å²) in [4.78, 5) is 25.1. The third kappa shape index (κ3) is 4.98. The molecule has 3 N–H and O–H groups in total. The van der Waals surface area contributed by atoms with Gasteiger partial charge in [0.05, 0.1) is 11.7 Å². The van der Waals surface area contributed by atoms with Gasteiger partial charge in [0.15, 0.2) is 11.5 Å². The summed E-state index contributed by atoms with van der Waals surface area (Å²) >= 11 is 6.10. The van der Waals surface area contributed by atoms with Crippen LogP contribution in [0.15, 0.2) is 34.7 Å². The summed E-state index contributed by atoms with van der Waals surface area (Å²) in [5, 5.41) is 15.7. The van der Waals surface area contributed by atoms with Crippen LogP contribution in [0.2, 0.25) is 5.02 Å². The number of hydrogen-bond donors (Lipinski definition) is 3. The molecule has 1 aromatic heterocycles. The Kier molecular flexibility index (Phi) is 6.95. The van der Waals surface area contributed by atoms with Gasteiger partial charge in [0.2, 0.25) is 0 Å². The van der Waals surface area contributed by atoms with E-state index in [1.807, 2.05) is 6.07 Å². The van der Waals surface area contributed by atoms with Gasteiger partial charge >= 0.3 is 0 Å². The van der Waals surface area contributed by atoms with Crippen LogP contribution in [-0.2, 0) is 4.74 Å². The maximum atomic E-state index is 13.0. The van der Waals surface area contributed by atoms with Crippen LogP contribution in [0.1, 0.15) is 64.0 Å². The first-order valence-electron chi connectivity index (χ1n) is 9.56. The lowest BCUT2D eigenvalue weighted by atomic mass is 9.93. The van der Waals surface area contributed by atoms with Crippen molar-refractivity contribution in [3.63, 3.8) is 0 Å². The van der Waals surface area contributed by atoms with Crippen LogP contribution in [0.4, 0.5) is 0 Å². The van der Waals surface area contributed by atoms with Crippen molar-refractivity contribution in [2.24, 2.45) is 0 Å². The van der Waals surface area contributed by atoms with Gasteiger partial charge in [-0.05, 0) is 43.4 Å². The molecule has 1 aliphatic carbocycles. The maximum absolute atomic E-state index is 13.0. The zero-order valence-electron chi connectivity index (χ0n) is 16.4. The second-order valence-corrected chi connectivity index (χ2v) is 7.55. The number of methoxy groups -OCH3 is 1. The number of ether oxygens (including phenoxy) is 1. The van der Waals surface area contributed by atoms with Crippen molar-refractivity contribution in [3.8, 4) is 0 Å². The van der Waals surface area contributed by atoms with E-state index in [9.17, 15) is 14.7 Å². The van der Waals surface area contributed by atoms with Crippen LogP contribution >= 0.6 is 11.6 Å². The predicted molar refractivity (Wildman–Crippen MR) is 108 cm³/mol. The summed E-state index contributed by atoms with van der Waals surface area (Å²) in [6.07, 6.45) is 1.68. The van der Waals surface area contributed by atoms with Crippen molar-refractivity contribution in [2.45, 2.75) is 43.9 Å². The number of amides is 2. The molecule has 2 amide bonds. The Morgan fingerprint density at radius 1 is 1.21 bits per heavy atom. The van der Waals surface area contributed by atoms with Crippen LogP contribution in [0.3, 0.4) is 0 Å². The zero-order chi connectivity index (χ0) is 21.0. The minimum atomic E-state index is -0.707. The van der Waals surface area contributed by atoms with E-state index in [1.165, 1.54) is 20.2 Å². The van der Waals surface area contributed by atoms with Gasteiger partial charge < -0.3 is 24.9 Å². The molecule has 1 aliphatic rings. The van der Waals surface area contributed by atoms with E-state index in [0.29, 0.717) is 36.3 Å². The summed E-state index contributed by atoms with van der Waals surface area (Å²) in [7, 11) is 2.99. The molecule has 2 aromatic rings. The number of hydrogen-bond acceptors (Lipinski definition) is 5. The van der Waals surface area contributed by atoms with Crippen molar-refractivity contribution in [1.29, 1.82) is 0 Å². The number of nitrogens with one attached hydrogen (secondary N) is 2. The molecule has 29 heavy (non-hydrogen) atoms. The molecule has 1 unspecified atom stereocenters. The topological polar surface area (TPSA) is 101 Å². The maximum Gasteiger partial charge on any atom is 0.286 e. The number of furan rings is 1. The third-order valence-corrected chi connectivity index (χ3v) is 5.35. The first-order chi connectivity index (χ1) is 13.9. The fourth-order valence-electron chi connectivity index (χ4n) is 3.56. The van der Waals surface area contributed by atoms with E-state index in [-0.39, 0.29) is 35.1 Å². The second-order valence-electron chi connectivity index (χ2n) is 7.12. The Bertz CT molecular complexity index is 874. The molecule has 0 aliphatic heterocycles. The normalized spacial score (nSPS) is 20.1. The Morgan fingerprint density at radius 2 is 1.93 bits per heavy atom. The molecule has 1 fully saturated rings. The molecule has 1 saturated carbocycles. The lowest BCUT2D eigenvalue weighted by Gasteiger charge is -2.26. The molecule has 3 rings (SSSR count). The summed E-state index contributed by atoms with van der Waals surface area (Å²) < 4.78 is 11.4. The molecule has 0 bridgehead atoms. The van der Waals surface area contributed by atoms with Crippen molar-refractivity contribution in [3.05, 3.63) is 58.0 Å².